The van der Waals surface area contributed by atoms with E-state index in [4.69, 9.17) is 0 Å². The molecule has 6 saturated heterocycles. The van der Waals surface area contributed by atoms with Gasteiger partial charge in [-0.05, 0) is 37.5 Å². The molecule has 0 aromatic carbocycles. The van der Waals surface area contributed by atoms with Crippen LogP contribution < -0.4 is 0 Å². The molecule has 0 aromatic rings. The fourth-order valence-electron chi connectivity index (χ4n) is 7.17. The van der Waals surface area contributed by atoms with Crippen LogP contribution in [-0.4, -0.2) is 61.3 Å². The normalized spacial score (nSPS) is 47.2. The topological polar surface area (TPSA) is 0 Å². The molecular formula is C22H42N2+2. The van der Waals surface area contributed by atoms with E-state index in [9.17, 15) is 0 Å². The number of unbranched alkanes of at least 4 members (excludes halogenated alkanes) is 3. The Kier molecular flexibility index (Phi) is 4.99. The first-order chi connectivity index (χ1) is 11.6. The molecule has 4 bridgehead atoms. The van der Waals surface area contributed by atoms with Gasteiger partial charge < -0.3 is 8.97 Å². The number of piperidine rings is 6. The number of fused-ring (bicyclic) bond motifs is 6. The predicted molar refractivity (Wildman–Crippen MR) is 102 cm³/mol. The average molecular weight is 335 g/mol. The maximum Gasteiger partial charge on any atom is 0.0815 e. The maximum absolute atomic E-state index is 2.52. The lowest BCUT2D eigenvalue weighted by atomic mass is 9.78. The minimum Gasteiger partial charge on any atom is -0.323 e. The summed E-state index contributed by atoms with van der Waals surface area (Å²) in [5.41, 5.74) is 0. The summed E-state index contributed by atoms with van der Waals surface area (Å²) in [6.07, 6.45) is 12.1. The quantitative estimate of drug-likeness (QED) is 0.481. The van der Waals surface area contributed by atoms with E-state index >= 15 is 0 Å². The number of rotatable bonds is 7. The highest BCUT2D eigenvalue weighted by molar-refractivity contribution is 4.78. The molecule has 0 spiro atoms. The van der Waals surface area contributed by atoms with Crippen LogP contribution in [0.1, 0.15) is 65.2 Å². The van der Waals surface area contributed by atoms with Gasteiger partial charge in [-0.3, -0.25) is 0 Å². The Labute approximate surface area is 150 Å². The fraction of sp³-hybridized carbons (Fsp3) is 1.00. The third-order valence-corrected chi connectivity index (χ3v) is 8.87. The van der Waals surface area contributed by atoms with Gasteiger partial charge in [0.25, 0.3) is 0 Å². The van der Waals surface area contributed by atoms with Crippen LogP contribution in [0.15, 0.2) is 0 Å². The SMILES string of the molecule is CC1C[N+]2(CCCCCC[N+]34CCC(CC3)C(C)C4)CCC1CC2. The Bertz CT molecular complexity index is 376. The lowest BCUT2D eigenvalue weighted by molar-refractivity contribution is -0.947. The zero-order valence-corrected chi connectivity index (χ0v) is 16.5. The van der Waals surface area contributed by atoms with Gasteiger partial charge in [0.05, 0.1) is 52.4 Å². The molecule has 6 aliphatic heterocycles. The van der Waals surface area contributed by atoms with Crippen molar-refractivity contribution in [3.05, 3.63) is 0 Å². The van der Waals surface area contributed by atoms with Crippen molar-refractivity contribution in [2.45, 2.75) is 65.2 Å². The van der Waals surface area contributed by atoms with Crippen molar-refractivity contribution in [3.8, 4) is 0 Å². The summed E-state index contributed by atoms with van der Waals surface area (Å²) in [6, 6.07) is 0. The highest BCUT2D eigenvalue weighted by Gasteiger charge is 2.44. The van der Waals surface area contributed by atoms with Gasteiger partial charge in [0.2, 0.25) is 0 Å². The van der Waals surface area contributed by atoms with Gasteiger partial charge in [0.1, 0.15) is 0 Å². The van der Waals surface area contributed by atoms with Gasteiger partial charge in [0, 0.05) is 37.5 Å². The second-order valence-corrected chi connectivity index (χ2v) is 10.4. The van der Waals surface area contributed by atoms with Crippen LogP contribution in [0.2, 0.25) is 0 Å². The van der Waals surface area contributed by atoms with Crippen LogP contribution in [0.3, 0.4) is 0 Å². The summed E-state index contributed by atoms with van der Waals surface area (Å²) in [5.74, 6) is 4.17. The van der Waals surface area contributed by atoms with Crippen molar-refractivity contribution >= 4 is 0 Å². The van der Waals surface area contributed by atoms with Crippen LogP contribution in [0.25, 0.3) is 0 Å². The molecule has 2 atom stereocenters. The summed E-state index contributed by atoms with van der Waals surface area (Å²) in [6.45, 7) is 17.1. The second kappa shape index (κ2) is 6.91. The van der Waals surface area contributed by atoms with E-state index in [-0.39, 0.29) is 0 Å². The van der Waals surface area contributed by atoms with Crippen LogP contribution in [0, 0.1) is 23.7 Å². The molecule has 2 heteroatoms. The zero-order valence-electron chi connectivity index (χ0n) is 16.5. The van der Waals surface area contributed by atoms with Gasteiger partial charge in [-0.1, -0.05) is 13.8 Å². The smallest absolute Gasteiger partial charge is 0.0815 e. The first-order valence-corrected chi connectivity index (χ1v) is 11.3. The van der Waals surface area contributed by atoms with E-state index in [2.05, 4.69) is 13.8 Å². The number of quaternary nitrogens is 2. The molecule has 2 unspecified atom stereocenters. The lowest BCUT2D eigenvalue weighted by Crippen LogP contribution is -2.61. The molecule has 0 N–H and O–H groups in total. The highest BCUT2D eigenvalue weighted by Crippen LogP contribution is 2.39. The summed E-state index contributed by atoms with van der Waals surface area (Å²) in [5, 5.41) is 0. The molecule has 0 aromatic heterocycles. The third-order valence-electron chi connectivity index (χ3n) is 8.87. The molecular weight excluding hydrogens is 292 g/mol. The average Bonchev–Trinajstić information content (AvgIpc) is 2.59. The van der Waals surface area contributed by atoms with Crippen LogP contribution in [0.5, 0.6) is 0 Å². The standard InChI is InChI=1S/C22H42N2/c1-19-17-23(13-7-21(19)8-14-23)11-5-3-4-6-12-24-15-9-22(10-16-24)20(2)18-24/h19-22H,3-18H2,1-2H3/q+2. The van der Waals surface area contributed by atoms with Crippen LogP contribution >= 0.6 is 0 Å². The largest absolute Gasteiger partial charge is 0.323 e. The van der Waals surface area contributed by atoms with Crippen molar-refractivity contribution in [2.24, 2.45) is 23.7 Å². The van der Waals surface area contributed by atoms with E-state index in [0.717, 1.165) is 23.7 Å². The van der Waals surface area contributed by atoms with Crippen molar-refractivity contribution in [1.82, 2.24) is 0 Å². The molecule has 6 rings (SSSR count). The molecule has 0 saturated carbocycles. The lowest BCUT2D eigenvalue weighted by Gasteiger charge is -2.52. The minimum absolute atomic E-state index is 1.01. The number of hydrogen-bond acceptors (Lipinski definition) is 0. The van der Waals surface area contributed by atoms with Gasteiger partial charge in [-0.25, -0.2) is 0 Å². The highest BCUT2D eigenvalue weighted by atomic mass is 15.4. The third kappa shape index (κ3) is 3.43. The predicted octanol–water partition coefficient (Wildman–Crippen LogP) is 4.30. The summed E-state index contributed by atoms with van der Waals surface area (Å²) >= 11 is 0. The zero-order chi connectivity index (χ0) is 16.6. The van der Waals surface area contributed by atoms with Crippen molar-refractivity contribution in [2.75, 3.05) is 52.4 Å². The first-order valence-electron chi connectivity index (χ1n) is 11.3. The monoisotopic (exact) mass is 334 g/mol. The van der Waals surface area contributed by atoms with Gasteiger partial charge >= 0.3 is 0 Å². The Hall–Kier alpha value is -0.0800. The van der Waals surface area contributed by atoms with E-state index in [1.807, 2.05) is 0 Å². The van der Waals surface area contributed by atoms with Crippen molar-refractivity contribution in [3.63, 3.8) is 0 Å². The number of hydrogen-bond donors (Lipinski definition) is 0. The maximum atomic E-state index is 2.52. The molecule has 0 amide bonds. The Morgan fingerprint density at radius 1 is 0.583 bits per heavy atom. The molecule has 0 radical (unpaired) electrons. The molecule has 0 aliphatic carbocycles. The van der Waals surface area contributed by atoms with Crippen molar-refractivity contribution in [1.29, 1.82) is 0 Å². The first kappa shape index (κ1) is 17.3. The summed E-state index contributed by atoms with van der Waals surface area (Å²) in [7, 11) is 0. The van der Waals surface area contributed by atoms with Crippen molar-refractivity contribution < 1.29 is 8.97 Å². The molecule has 6 heterocycles. The van der Waals surface area contributed by atoms with E-state index in [0.29, 0.717) is 0 Å². The van der Waals surface area contributed by atoms with Gasteiger partial charge in [0.15, 0.2) is 0 Å². The Balaban J connectivity index is 1.14. The van der Waals surface area contributed by atoms with Crippen LogP contribution in [-0.2, 0) is 0 Å². The number of nitrogens with zero attached hydrogens (tertiary/aromatic N) is 2. The van der Waals surface area contributed by atoms with E-state index in [1.54, 1.807) is 0 Å². The van der Waals surface area contributed by atoms with E-state index in [1.165, 1.54) is 113 Å². The Morgan fingerprint density at radius 3 is 1.29 bits per heavy atom. The second-order valence-electron chi connectivity index (χ2n) is 10.4. The minimum atomic E-state index is 1.01. The van der Waals surface area contributed by atoms with E-state index < -0.39 is 0 Å². The molecule has 6 fully saturated rings. The summed E-state index contributed by atoms with van der Waals surface area (Å²) in [4.78, 5) is 0. The van der Waals surface area contributed by atoms with Gasteiger partial charge in [-0.15, -0.1) is 0 Å². The Morgan fingerprint density at radius 2 is 0.958 bits per heavy atom. The fourth-order valence-corrected chi connectivity index (χ4v) is 7.17. The molecule has 6 aliphatic rings. The van der Waals surface area contributed by atoms with Crippen LogP contribution in [0.4, 0.5) is 0 Å². The molecule has 138 valence electrons. The summed E-state index contributed by atoms with van der Waals surface area (Å²) < 4.78 is 2.99. The molecule has 24 heavy (non-hydrogen) atoms. The van der Waals surface area contributed by atoms with Gasteiger partial charge in [-0.2, -0.15) is 0 Å². The molecule has 2 nitrogen and oxygen atoms in total.